The van der Waals surface area contributed by atoms with Gasteiger partial charge in [0.2, 0.25) is 0 Å². The molecule has 0 unspecified atom stereocenters. The van der Waals surface area contributed by atoms with Crippen molar-refractivity contribution in [1.29, 1.82) is 0 Å². The van der Waals surface area contributed by atoms with Gasteiger partial charge in [-0.3, -0.25) is 4.40 Å². The molecule has 0 aliphatic heterocycles. The van der Waals surface area contributed by atoms with E-state index >= 15 is 0 Å². The van der Waals surface area contributed by atoms with E-state index in [9.17, 15) is 18.0 Å². The van der Waals surface area contributed by atoms with Gasteiger partial charge in [-0.1, -0.05) is 22.9 Å². The minimum absolute atomic E-state index is 0.158. The number of rotatable bonds is 2. The highest BCUT2D eigenvalue weighted by Crippen LogP contribution is 2.39. The summed E-state index contributed by atoms with van der Waals surface area (Å²) in [5, 5.41) is 8.66. The molecule has 21 heavy (non-hydrogen) atoms. The number of carbonyl (C=O) groups is 1. The minimum atomic E-state index is -4.84. The molecule has 10 heteroatoms. The molecule has 0 radical (unpaired) electrons. The minimum Gasteiger partial charge on any atom is -0.476 e. The predicted octanol–water partition coefficient (Wildman–Crippen LogP) is 3.80. The molecule has 2 aromatic heterocycles. The van der Waals surface area contributed by atoms with Crippen LogP contribution in [0.1, 0.15) is 10.5 Å². The molecule has 3 aromatic rings. The molecule has 5 nitrogen and oxygen atoms in total. The van der Waals surface area contributed by atoms with Crippen molar-refractivity contribution in [3.63, 3.8) is 0 Å². The molecular formula is C11H4ClF3N2O3S. The Morgan fingerprint density at radius 2 is 2.14 bits per heavy atom. The summed E-state index contributed by atoms with van der Waals surface area (Å²) in [5.74, 6) is -1.71. The van der Waals surface area contributed by atoms with Gasteiger partial charge in [-0.15, -0.1) is 13.2 Å². The lowest BCUT2D eigenvalue weighted by molar-refractivity contribution is -0.274. The first kappa shape index (κ1) is 14.0. The van der Waals surface area contributed by atoms with Gasteiger partial charge in [0.1, 0.15) is 10.8 Å². The van der Waals surface area contributed by atoms with E-state index in [1.807, 2.05) is 0 Å². The number of aromatic carboxylic acids is 1. The van der Waals surface area contributed by atoms with Crippen LogP contribution in [0, 0.1) is 0 Å². The predicted molar refractivity (Wildman–Crippen MR) is 69.2 cm³/mol. The van der Waals surface area contributed by atoms with E-state index in [4.69, 9.17) is 16.7 Å². The number of nitrogens with zero attached hydrogens (tertiary/aromatic N) is 2. The molecular weight excluding hydrogens is 333 g/mol. The maximum absolute atomic E-state index is 12.2. The number of hydrogen-bond donors (Lipinski definition) is 1. The number of thiazole rings is 1. The van der Waals surface area contributed by atoms with Gasteiger partial charge < -0.3 is 9.84 Å². The van der Waals surface area contributed by atoms with Gasteiger partial charge in [-0.25, -0.2) is 9.78 Å². The SMILES string of the molecule is O=C(O)c1cn2c(n1)sc1c(Cl)c(OC(F)(F)F)ccc12. The smallest absolute Gasteiger partial charge is 0.476 e. The molecule has 0 saturated heterocycles. The van der Waals surface area contributed by atoms with Crippen LogP contribution in [0.5, 0.6) is 5.75 Å². The van der Waals surface area contributed by atoms with Gasteiger partial charge in [0.25, 0.3) is 0 Å². The van der Waals surface area contributed by atoms with Crippen LogP contribution in [0.25, 0.3) is 15.2 Å². The molecule has 1 aromatic carbocycles. The third kappa shape index (κ3) is 2.38. The van der Waals surface area contributed by atoms with E-state index in [1.54, 1.807) is 0 Å². The first-order valence-corrected chi connectivity index (χ1v) is 6.55. The van der Waals surface area contributed by atoms with Crippen molar-refractivity contribution in [3.05, 3.63) is 29.0 Å². The Kier molecular flexibility index (Phi) is 2.99. The second-order valence-electron chi connectivity index (χ2n) is 3.96. The number of alkyl halides is 3. The summed E-state index contributed by atoms with van der Waals surface area (Å²) in [5.41, 5.74) is 0.296. The standard InChI is InChI=1S/C11H4ClF3N2O3S/c12-7-6(20-11(13,14)15)2-1-5-8(7)21-10-16-4(9(18)19)3-17(5)10/h1-3H,(H,18,19). The number of carboxylic acid groups (broad SMARTS) is 1. The van der Waals surface area contributed by atoms with Crippen LogP contribution in [-0.4, -0.2) is 26.8 Å². The Labute approximate surface area is 123 Å². The van der Waals surface area contributed by atoms with Gasteiger partial charge >= 0.3 is 12.3 Å². The molecule has 3 rings (SSSR count). The highest BCUT2D eigenvalue weighted by atomic mass is 35.5. The topological polar surface area (TPSA) is 63.8 Å². The fraction of sp³-hybridized carbons (Fsp3) is 0.0909. The van der Waals surface area contributed by atoms with E-state index in [1.165, 1.54) is 16.7 Å². The highest BCUT2D eigenvalue weighted by Gasteiger charge is 2.32. The summed E-state index contributed by atoms with van der Waals surface area (Å²) in [6.45, 7) is 0. The van der Waals surface area contributed by atoms with Crippen LogP contribution >= 0.6 is 22.9 Å². The molecule has 0 spiro atoms. The molecule has 0 saturated carbocycles. The molecule has 0 aliphatic rings. The van der Waals surface area contributed by atoms with Crippen LogP contribution in [-0.2, 0) is 0 Å². The van der Waals surface area contributed by atoms with Crippen molar-refractivity contribution in [1.82, 2.24) is 9.38 Å². The molecule has 0 amide bonds. The van der Waals surface area contributed by atoms with Crippen LogP contribution in [0.2, 0.25) is 5.02 Å². The first-order chi connectivity index (χ1) is 9.76. The number of hydrogen-bond acceptors (Lipinski definition) is 4. The number of aromatic nitrogens is 2. The zero-order valence-corrected chi connectivity index (χ0v) is 11.4. The Morgan fingerprint density at radius 1 is 1.43 bits per heavy atom. The van der Waals surface area contributed by atoms with Gasteiger partial charge in [-0.2, -0.15) is 0 Å². The summed E-state index contributed by atoms with van der Waals surface area (Å²) in [6.07, 6.45) is -3.57. The monoisotopic (exact) mass is 336 g/mol. The van der Waals surface area contributed by atoms with E-state index in [-0.39, 0.29) is 10.7 Å². The van der Waals surface area contributed by atoms with E-state index in [0.717, 1.165) is 17.4 Å². The fourth-order valence-electron chi connectivity index (χ4n) is 1.82. The number of carboxylic acids is 1. The summed E-state index contributed by atoms with van der Waals surface area (Å²) >= 11 is 6.88. The van der Waals surface area contributed by atoms with Crippen LogP contribution in [0.4, 0.5) is 13.2 Å². The normalized spacial score (nSPS) is 12.2. The summed E-state index contributed by atoms with van der Waals surface area (Å²) in [7, 11) is 0. The molecule has 110 valence electrons. The largest absolute Gasteiger partial charge is 0.573 e. The second-order valence-corrected chi connectivity index (χ2v) is 5.32. The van der Waals surface area contributed by atoms with E-state index < -0.39 is 18.1 Å². The Morgan fingerprint density at radius 3 is 2.76 bits per heavy atom. The average molecular weight is 337 g/mol. The van der Waals surface area contributed by atoms with Crippen molar-refractivity contribution < 1.29 is 27.8 Å². The molecule has 0 atom stereocenters. The second kappa shape index (κ2) is 4.50. The Bertz CT molecular complexity index is 871. The van der Waals surface area contributed by atoms with Crippen molar-refractivity contribution in [2.75, 3.05) is 0 Å². The fourth-order valence-corrected chi connectivity index (χ4v) is 3.17. The molecule has 0 bridgehead atoms. The summed E-state index contributed by atoms with van der Waals surface area (Å²) < 4.78 is 42.4. The van der Waals surface area contributed by atoms with Crippen molar-refractivity contribution in [3.8, 4) is 5.75 Å². The third-order valence-corrected chi connectivity index (χ3v) is 4.19. The van der Waals surface area contributed by atoms with Crippen molar-refractivity contribution in [2.24, 2.45) is 0 Å². The maximum Gasteiger partial charge on any atom is 0.573 e. The lowest BCUT2D eigenvalue weighted by Gasteiger charge is -2.10. The molecule has 0 aliphatic carbocycles. The lowest BCUT2D eigenvalue weighted by atomic mass is 10.3. The van der Waals surface area contributed by atoms with Crippen molar-refractivity contribution >= 4 is 44.1 Å². The zero-order chi connectivity index (χ0) is 15.4. The molecule has 2 heterocycles. The maximum atomic E-state index is 12.2. The molecule has 0 fully saturated rings. The number of halogens is 4. The summed E-state index contributed by atoms with van der Waals surface area (Å²) in [4.78, 5) is 15.0. The van der Waals surface area contributed by atoms with E-state index in [2.05, 4.69) is 9.72 Å². The molecule has 1 N–H and O–H groups in total. The van der Waals surface area contributed by atoms with Crippen molar-refractivity contribution in [2.45, 2.75) is 6.36 Å². The summed E-state index contributed by atoms with van der Waals surface area (Å²) in [6, 6.07) is 2.43. The van der Waals surface area contributed by atoms with Crippen LogP contribution in [0.3, 0.4) is 0 Å². The average Bonchev–Trinajstić information content (AvgIpc) is 2.89. The number of fused-ring (bicyclic) bond motifs is 3. The Hall–Kier alpha value is -2.00. The van der Waals surface area contributed by atoms with E-state index in [0.29, 0.717) is 15.2 Å². The number of imidazole rings is 1. The zero-order valence-electron chi connectivity index (χ0n) is 9.81. The highest BCUT2D eigenvalue weighted by molar-refractivity contribution is 7.24. The number of ether oxygens (including phenoxy) is 1. The van der Waals surface area contributed by atoms with Gasteiger partial charge in [0.15, 0.2) is 10.7 Å². The van der Waals surface area contributed by atoms with Crippen LogP contribution < -0.4 is 4.74 Å². The van der Waals surface area contributed by atoms with Gasteiger partial charge in [-0.05, 0) is 12.1 Å². The quantitative estimate of drug-likeness (QED) is 0.773. The van der Waals surface area contributed by atoms with Gasteiger partial charge in [0, 0.05) is 6.20 Å². The van der Waals surface area contributed by atoms with Crippen LogP contribution in [0.15, 0.2) is 18.3 Å². The Balaban J connectivity index is 2.19. The lowest BCUT2D eigenvalue weighted by Crippen LogP contribution is -2.17. The van der Waals surface area contributed by atoms with Gasteiger partial charge in [0.05, 0.1) is 10.2 Å². The number of benzene rings is 1. The third-order valence-electron chi connectivity index (χ3n) is 2.61. The first-order valence-electron chi connectivity index (χ1n) is 5.35.